The van der Waals surface area contributed by atoms with Crippen molar-refractivity contribution in [3.8, 4) is 0 Å². The standard InChI is InChI=1S/C11H14N4O2S2/c1-3-10-13-14-11(18-10)15-19(16,17)9-5-7(2)4-8(12)6-9/h4-6H,3,12H2,1-2H3,(H,14,15). The summed E-state index contributed by atoms with van der Waals surface area (Å²) in [6, 6.07) is 4.68. The van der Waals surface area contributed by atoms with Crippen LogP contribution in [0, 0.1) is 6.92 Å². The minimum Gasteiger partial charge on any atom is -0.399 e. The average molecular weight is 298 g/mol. The molecule has 2 aromatic rings. The Morgan fingerprint density at radius 1 is 1.32 bits per heavy atom. The van der Waals surface area contributed by atoms with Crippen LogP contribution in [0.5, 0.6) is 0 Å². The van der Waals surface area contributed by atoms with Crippen LogP contribution >= 0.6 is 11.3 Å². The number of benzene rings is 1. The number of sulfonamides is 1. The van der Waals surface area contributed by atoms with Crippen LogP contribution in [-0.2, 0) is 16.4 Å². The molecule has 0 saturated carbocycles. The van der Waals surface area contributed by atoms with E-state index in [2.05, 4.69) is 14.9 Å². The van der Waals surface area contributed by atoms with Gasteiger partial charge in [0.05, 0.1) is 4.90 Å². The van der Waals surface area contributed by atoms with Gasteiger partial charge in [0.15, 0.2) is 0 Å². The van der Waals surface area contributed by atoms with Crippen molar-refractivity contribution in [1.82, 2.24) is 10.2 Å². The highest BCUT2D eigenvalue weighted by Crippen LogP contribution is 2.22. The van der Waals surface area contributed by atoms with Crippen molar-refractivity contribution < 1.29 is 8.42 Å². The molecule has 102 valence electrons. The molecule has 0 unspecified atom stereocenters. The Morgan fingerprint density at radius 2 is 2.05 bits per heavy atom. The van der Waals surface area contributed by atoms with E-state index in [1.165, 1.54) is 17.4 Å². The van der Waals surface area contributed by atoms with Gasteiger partial charge in [0.25, 0.3) is 10.0 Å². The van der Waals surface area contributed by atoms with Gasteiger partial charge in [0.1, 0.15) is 5.01 Å². The summed E-state index contributed by atoms with van der Waals surface area (Å²) >= 11 is 1.22. The van der Waals surface area contributed by atoms with Crippen molar-refractivity contribution in [2.24, 2.45) is 0 Å². The van der Waals surface area contributed by atoms with Crippen molar-refractivity contribution in [2.45, 2.75) is 25.2 Å². The molecule has 3 N–H and O–H groups in total. The maximum absolute atomic E-state index is 12.2. The van der Waals surface area contributed by atoms with Crippen molar-refractivity contribution in [1.29, 1.82) is 0 Å². The SMILES string of the molecule is CCc1nnc(NS(=O)(=O)c2cc(C)cc(N)c2)s1. The van der Waals surface area contributed by atoms with Crippen molar-refractivity contribution in [3.63, 3.8) is 0 Å². The highest BCUT2D eigenvalue weighted by molar-refractivity contribution is 7.93. The van der Waals surface area contributed by atoms with Crippen LogP contribution in [0.25, 0.3) is 0 Å². The molecule has 1 aromatic carbocycles. The second kappa shape index (κ2) is 5.14. The Hall–Kier alpha value is -1.67. The molecule has 0 bridgehead atoms. The predicted octanol–water partition coefficient (Wildman–Crippen LogP) is 1.79. The van der Waals surface area contributed by atoms with Gasteiger partial charge in [-0.2, -0.15) is 0 Å². The number of aromatic nitrogens is 2. The molecule has 0 spiro atoms. The third kappa shape index (κ3) is 3.21. The maximum Gasteiger partial charge on any atom is 0.263 e. The van der Waals surface area contributed by atoms with Crippen LogP contribution in [0.3, 0.4) is 0 Å². The van der Waals surface area contributed by atoms with Gasteiger partial charge >= 0.3 is 0 Å². The molecule has 1 aromatic heterocycles. The number of aryl methyl sites for hydroxylation is 2. The fourth-order valence-corrected chi connectivity index (χ4v) is 3.59. The zero-order valence-electron chi connectivity index (χ0n) is 10.5. The summed E-state index contributed by atoms with van der Waals surface area (Å²) in [5.41, 5.74) is 6.85. The predicted molar refractivity (Wildman–Crippen MR) is 75.7 cm³/mol. The fraction of sp³-hybridized carbons (Fsp3) is 0.273. The summed E-state index contributed by atoms with van der Waals surface area (Å²) in [6.45, 7) is 3.72. The molecule has 0 atom stereocenters. The number of rotatable bonds is 4. The number of hydrogen-bond acceptors (Lipinski definition) is 6. The second-order valence-electron chi connectivity index (χ2n) is 4.04. The number of nitrogens with one attached hydrogen (secondary N) is 1. The van der Waals surface area contributed by atoms with Crippen LogP contribution in [0.15, 0.2) is 23.1 Å². The molecule has 0 aliphatic heterocycles. The highest BCUT2D eigenvalue weighted by atomic mass is 32.2. The second-order valence-corrected chi connectivity index (χ2v) is 6.78. The molecule has 1 heterocycles. The highest BCUT2D eigenvalue weighted by Gasteiger charge is 2.17. The lowest BCUT2D eigenvalue weighted by Crippen LogP contribution is -2.13. The number of anilines is 2. The summed E-state index contributed by atoms with van der Waals surface area (Å²) in [5.74, 6) is 0. The lowest BCUT2D eigenvalue weighted by molar-refractivity contribution is 0.601. The topological polar surface area (TPSA) is 98.0 Å². The Labute approximate surface area is 115 Å². The molecule has 0 fully saturated rings. The van der Waals surface area contributed by atoms with E-state index in [-0.39, 0.29) is 10.0 Å². The van der Waals surface area contributed by atoms with Crippen molar-refractivity contribution in [3.05, 3.63) is 28.8 Å². The van der Waals surface area contributed by atoms with Crippen molar-refractivity contribution in [2.75, 3.05) is 10.5 Å². The largest absolute Gasteiger partial charge is 0.399 e. The van der Waals surface area contributed by atoms with Gasteiger partial charge in [-0.25, -0.2) is 8.42 Å². The molecule has 2 rings (SSSR count). The Bertz CT molecular complexity index is 674. The summed E-state index contributed by atoms with van der Waals surface area (Å²) < 4.78 is 26.8. The van der Waals surface area contributed by atoms with Gasteiger partial charge in [0.2, 0.25) is 5.13 Å². The third-order valence-corrected chi connectivity index (χ3v) is 4.81. The summed E-state index contributed by atoms with van der Waals surface area (Å²) in [6.07, 6.45) is 0.719. The van der Waals surface area contributed by atoms with E-state index < -0.39 is 10.0 Å². The zero-order chi connectivity index (χ0) is 14.0. The quantitative estimate of drug-likeness (QED) is 0.839. The summed E-state index contributed by atoms with van der Waals surface area (Å²) in [4.78, 5) is 0.123. The summed E-state index contributed by atoms with van der Waals surface area (Å²) in [5, 5.41) is 8.69. The first-order valence-corrected chi connectivity index (χ1v) is 7.93. The molecule has 6 nitrogen and oxygen atoms in total. The lowest BCUT2D eigenvalue weighted by Gasteiger charge is -2.06. The smallest absolute Gasteiger partial charge is 0.263 e. The minimum absolute atomic E-state index is 0.123. The monoisotopic (exact) mass is 298 g/mol. The van der Waals surface area contributed by atoms with E-state index in [1.54, 1.807) is 19.1 Å². The van der Waals surface area contributed by atoms with Crippen LogP contribution in [0.4, 0.5) is 10.8 Å². The third-order valence-electron chi connectivity index (χ3n) is 2.37. The minimum atomic E-state index is -3.68. The Kier molecular flexibility index (Phi) is 3.72. The number of hydrogen-bond donors (Lipinski definition) is 2. The van der Waals surface area contributed by atoms with Crippen LogP contribution in [0.2, 0.25) is 0 Å². The van der Waals surface area contributed by atoms with E-state index in [1.807, 2.05) is 6.92 Å². The van der Waals surface area contributed by atoms with Gasteiger partial charge in [-0.3, -0.25) is 4.72 Å². The number of nitrogens with zero attached hydrogens (tertiary/aromatic N) is 2. The number of nitrogen functional groups attached to an aromatic ring is 1. The molecular weight excluding hydrogens is 284 g/mol. The van der Waals surface area contributed by atoms with E-state index in [9.17, 15) is 8.42 Å². The molecule has 0 aliphatic rings. The lowest BCUT2D eigenvalue weighted by atomic mass is 10.2. The number of nitrogens with two attached hydrogens (primary N) is 1. The Morgan fingerprint density at radius 3 is 2.63 bits per heavy atom. The maximum atomic E-state index is 12.2. The van der Waals surface area contributed by atoms with Gasteiger partial charge in [-0.1, -0.05) is 18.3 Å². The van der Waals surface area contributed by atoms with Crippen molar-refractivity contribution >= 4 is 32.2 Å². The van der Waals surface area contributed by atoms with Crippen LogP contribution < -0.4 is 10.5 Å². The molecule has 0 aliphatic carbocycles. The first-order valence-electron chi connectivity index (χ1n) is 5.63. The first kappa shape index (κ1) is 13.8. The van der Waals surface area contributed by atoms with E-state index in [0.717, 1.165) is 17.0 Å². The normalized spacial score (nSPS) is 11.5. The van der Waals surface area contributed by atoms with E-state index >= 15 is 0 Å². The Balaban J connectivity index is 2.31. The van der Waals surface area contributed by atoms with E-state index in [0.29, 0.717) is 5.69 Å². The van der Waals surface area contributed by atoms with Crippen LogP contribution in [-0.4, -0.2) is 18.6 Å². The fourth-order valence-electron chi connectivity index (χ4n) is 1.54. The molecule has 0 saturated heterocycles. The first-order chi connectivity index (χ1) is 8.90. The van der Waals surface area contributed by atoms with E-state index in [4.69, 9.17) is 5.73 Å². The summed E-state index contributed by atoms with van der Waals surface area (Å²) in [7, 11) is -3.68. The van der Waals surface area contributed by atoms with Gasteiger partial charge < -0.3 is 5.73 Å². The molecule has 0 radical (unpaired) electrons. The molecule has 8 heteroatoms. The van der Waals surface area contributed by atoms with Gasteiger partial charge in [-0.05, 0) is 37.1 Å². The van der Waals surface area contributed by atoms with Gasteiger partial charge in [-0.15, -0.1) is 10.2 Å². The molecule has 19 heavy (non-hydrogen) atoms. The zero-order valence-corrected chi connectivity index (χ0v) is 12.2. The van der Waals surface area contributed by atoms with Gasteiger partial charge in [0, 0.05) is 5.69 Å². The van der Waals surface area contributed by atoms with Crippen LogP contribution in [0.1, 0.15) is 17.5 Å². The average Bonchev–Trinajstić information content (AvgIpc) is 2.74. The molecular formula is C11H14N4O2S2. The molecule has 0 amide bonds.